The third-order valence-electron chi connectivity index (χ3n) is 4.17. The standard InChI is InChI=1S/C20H15F3N4O4/c21-20(22,23)30-14-7-5-13(6-8-14)18-25-19(31-26-18)16-4-1-9-27(16)12-17(28)24-11-15-3-2-10-29-15/h1-10H,11-12H2,(H,24,28). The highest BCUT2D eigenvalue weighted by Crippen LogP contribution is 2.27. The number of furan rings is 1. The molecule has 0 saturated heterocycles. The minimum Gasteiger partial charge on any atom is -0.467 e. The number of hydrogen-bond acceptors (Lipinski definition) is 6. The molecule has 0 fully saturated rings. The fourth-order valence-corrected chi connectivity index (χ4v) is 2.81. The number of rotatable bonds is 7. The summed E-state index contributed by atoms with van der Waals surface area (Å²) in [5.74, 6) is 0.385. The maximum atomic E-state index is 12.3. The van der Waals surface area contributed by atoms with Crippen LogP contribution < -0.4 is 10.1 Å². The fourth-order valence-electron chi connectivity index (χ4n) is 2.81. The van der Waals surface area contributed by atoms with Crippen molar-refractivity contribution in [2.24, 2.45) is 0 Å². The van der Waals surface area contributed by atoms with Gasteiger partial charge in [0.05, 0.1) is 12.8 Å². The molecule has 0 spiro atoms. The second-order valence-corrected chi connectivity index (χ2v) is 6.37. The van der Waals surface area contributed by atoms with Crippen LogP contribution in [0.3, 0.4) is 0 Å². The summed E-state index contributed by atoms with van der Waals surface area (Å²) < 4.78 is 52.7. The summed E-state index contributed by atoms with van der Waals surface area (Å²) in [6, 6.07) is 12.0. The fraction of sp³-hybridized carbons (Fsp3) is 0.150. The van der Waals surface area contributed by atoms with E-state index in [0.29, 0.717) is 17.0 Å². The Morgan fingerprint density at radius 2 is 1.94 bits per heavy atom. The van der Waals surface area contributed by atoms with E-state index in [1.165, 1.54) is 18.4 Å². The summed E-state index contributed by atoms with van der Waals surface area (Å²) in [6.07, 6.45) is -1.55. The predicted octanol–water partition coefficient (Wildman–Crippen LogP) is 4.01. The predicted molar refractivity (Wildman–Crippen MR) is 100 cm³/mol. The van der Waals surface area contributed by atoms with Crippen molar-refractivity contribution in [2.45, 2.75) is 19.5 Å². The van der Waals surface area contributed by atoms with Crippen molar-refractivity contribution in [2.75, 3.05) is 0 Å². The molecule has 0 unspecified atom stereocenters. The van der Waals surface area contributed by atoms with E-state index in [-0.39, 0.29) is 36.5 Å². The molecule has 1 N–H and O–H groups in total. The second kappa shape index (κ2) is 8.38. The molecule has 4 aromatic rings. The molecule has 3 aromatic heterocycles. The molecular formula is C20H15F3N4O4. The Morgan fingerprint density at radius 1 is 1.13 bits per heavy atom. The maximum absolute atomic E-state index is 12.3. The van der Waals surface area contributed by atoms with Crippen molar-refractivity contribution in [1.29, 1.82) is 0 Å². The first kappa shape index (κ1) is 20.3. The molecule has 0 aliphatic carbocycles. The smallest absolute Gasteiger partial charge is 0.467 e. The van der Waals surface area contributed by atoms with Crippen molar-refractivity contribution in [3.63, 3.8) is 0 Å². The number of aromatic nitrogens is 3. The molecule has 31 heavy (non-hydrogen) atoms. The van der Waals surface area contributed by atoms with Gasteiger partial charge in [-0.1, -0.05) is 5.16 Å². The van der Waals surface area contributed by atoms with Gasteiger partial charge in [0, 0.05) is 11.8 Å². The molecule has 0 saturated carbocycles. The number of alkyl halides is 3. The van der Waals surface area contributed by atoms with Gasteiger partial charge in [0.1, 0.15) is 23.7 Å². The van der Waals surface area contributed by atoms with Crippen LogP contribution in [0.1, 0.15) is 5.76 Å². The molecule has 0 aliphatic heterocycles. The Bertz CT molecular complexity index is 1150. The van der Waals surface area contributed by atoms with E-state index < -0.39 is 6.36 Å². The molecule has 1 amide bonds. The van der Waals surface area contributed by atoms with E-state index in [4.69, 9.17) is 8.94 Å². The van der Waals surface area contributed by atoms with Crippen LogP contribution >= 0.6 is 0 Å². The van der Waals surface area contributed by atoms with Crippen LogP contribution in [0.15, 0.2) is 69.9 Å². The highest BCUT2D eigenvalue weighted by molar-refractivity contribution is 5.76. The molecule has 1 aromatic carbocycles. The Morgan fingerprint density at radius 3 is 2.65 bits per heavy atom. The summed E-state index contributed by atoms with van der Waals surface area (Å²) >= 11 is 0. The average molecular weight is 432 g/mol. The van der Waals surface area contributed by atoms with Gasteiger partial charge in [-0.15, -0.1) is 13.2 Å². The number of carbonyl (C=O) groups is 1. The van der Waals surface area contributed by atoms with Gasteiger partial charge in [-0.2, -0.15) is 4.98 Å². The number of ether oxygens (including phenoxy) is 1. The largest absolute Gasteiger partial charge is 0.573 e. The first-order valence-corrected chi connectivity index (χ1v) is 9.02. The van der Waals surface area contributed by atoms with Gasteiger partial charge in [0.15, 0.2) is 0 Å². The summed E-state index contributed by atoms with van der Waals surface area (Å²) in [5.41, 5.74) is 0.961. The lowest BCUT2D eigenvalue weighted by molar-refractivity contribution is -0.274. The Balaban J connectivity index is 1.44. The summed E-state index contributed by atoms with van der Waals surface area (Å²) in [7, 11) is 0. The number of nitrogens with zero attached hydrogens (tertiary/aromatic N) is 3. The zero-order valence-electron chi connectivity index (χ0n) is 15.8. The van der Waals surface area contributed by atoms with Gasteiger partial charge in [0.2, 0.25) is 11.7 Å². The zero-order chi connectivity index (χ0) is 21.8. The zero-order valence-corrected chi connectivity index (χ0v) is 15.8. The topological polar surface area (TPSA) is 95.3 Å². The molecular weight excluding hydrogens is 417 g/mol. The Kier molecular flexibility index (Phi) is 5.48. The third kappa shape index (κ3) is 5.13. The molecule has 3 heterocycles. The number of amides is 1. The van der Waals surface area contributed by atoms with Crippen LogP contribution in [-0.2, 0) is 17.9 Å². The molecule has 0 bridgehead atoms. The number of carbonyl (C=O) groups excluding carboxylic acids is 1. The van der Waals surface area contributed by atoms with Crippen molar-refractivity contribution in [1.82, 2.24) is 20.0 Å². The normalized spacial score (nSPS) is 11.5. The highest BCUT2D eigenvalue weighted by Gasteiger charge is 2.31. The highest BCUT2D eigenvalue weighted by atomic mass is 19.4. The minimum absolute atomic E-state index is 0.0181. The average Bonchev–Trinajstić information content (AvgIpc) is 3.47. The lowest BCUT2D eigenvalue weighted by Gasteiger charge is -2.08. The van der Waals surface area contributed by atoms with Crippen LogP contribution in [0.4, 0.5) is 13.2 Å². The van der Waals surface area contributed by atoms with Gasteiger partial charge in [-0.05, 0) is 48.5 Å². The van der Waals surface area contributed by atoms with Gasteiger partial charge >= 0.3 is 6.36 Å². The molecule has 8 nitrogen and oxygen atoms in total. The van der Waals surface area contributed by atoms with Gasteiger partial charge < -0.3 is 23.6 Å². The minimum atomic E-state index is -4.77. The van der Waals surface area contributed by atoms with Crippen LogP contribution in [0.5, 0.6) is 5.75 Å². The van der Waals surface area contributed by atoms with Crippen LogP contribution in [0, 0.1) is 0 Å². The van der Waals surface area contributed by atoms with Crippen LogP contribution in [-0.4, -0.2) is 27.0 Å². The molecule has 0 radical (unpaired) electrons. The molecule has 0 atom stereocenters. The van der Waals surface area contributed by atoms with E-state index in [0.717, 1.165) is 12.1 Å². The van der Waals surface area contributed by atoms with E-state index >= 15 is 0 Å². The third-order valence-corrected chi connectivity index (χ3v) is 4.17. The first-order valence-electron chi connectivity index (χ1n) is 9.02. The lowest BCUT2D eigenvalue weighted by Crippen LogP contribution is -2.26. The van der Waals surface area contributed by atoms with Crippen molar-refractivity contribution in [3.8, 4) is 28.7 Å². The van der Waals surface area contributed by atoms with E-state index in [2.05, 4.69) is 20.2 Å². The number of nitrogens with one attached hydrogen (secondary N) is 1. The number of benzene rings is 1. The SMILES string of the molecule is O=C(Cn1cccc1-c1nc(-c2ccc(OC(F)(F)F)cc2)no1)NCc1ccco1. The molecule has 160 valence electrons. The second-order valence-electron chi connectivity index (χ2n) is 6.37. The van der Waals surface area contributed by atoms with Crippen LogP contribution in [0.25, 0.3) is 23.0 Å². The molecule has 0 aliphatic rings. The summed E-state index contributed by atoms with van der Waals surface area (Å²) in [5, 5.41) is 6.60. The van der Waals surface area contributed by atoms with E-state index in [1.807, 2.05) is 0 Å². The monoisotopic (exact) mass is 432 g/mol. The summed E-state index contributed by atoms with van der Waals surface area (Å²) in [4.78, 5) is 16.5. The first-order chi connectivity index (χ1) is 14.9. The number of hydrogen-bond donors (Lipinski definition) is 1. The lowest BCUT2D eigenvalue weighted by atomic mass is 10.2. The van der Waals surface area contributed by atoms with Crippen molar-refractivity contribution >= 4 is 5.91 Å². The van der Waals surface area contributed by atoms with Crippen LogP contribution in [0.2, 0.25) is 0 Å². The summed E-state index contributed by atoms with van der Waals surface area (Å²) in [6.45, 7) is 0.283. The van der Waals surface area contributed by atoms with E-state index in [1.54, 1.807) is 35.0 Å². The molecule has 11 heteroatoms. The van der Waals surface area contributed by atoms with E-state index in [9.17, 15) is 18.0 Å². The van der Waals surface area contributed by atoms with Gasteiger partial charge in [-0.3, -0.25) is 4.79 Å². The molecule has 4 rings (SSSR count). The van der Waals surface area contributed by atoms with Gasteiger partial charge in [-0.25, -0.2) is 0 Å². The maximum Gasteiger partial charge on any atom is 0.573 e. The quantitative estimate of drug-likeness (QED) is 0.474. The van der Waals surface area contributed by atoms with Crippen molar-refractivity contribution < 1.29 is 31.6 Å². The Labute approximate surface area is 173 Å². The Hall–Kier alpha value is -4.02. The van der Waals surface area contributed by atoms with Crippen molar-refractivity contribution in [3.05, 3.63) is 66.8 Å². The number of halogens is 3. The van der Waals surface area contributed by atoms with Gasteiger partial charge in [0.25, 0.3) is 5.89 Å².